The molecular formula is C98H156O12. The van der Waals surface area contributed by atoms with Crippen LogP contribution >= 0.6 is 0 Å². The van der Waals surface area contributed by atoms with E-state index in [4.69, 9.17) is 25.5 Å². The van der Waals surface area contributed by atoms with Gasteiger partial charge in [-0.25, -0.2) is 0 Å². The lowest BCUT2D eigenvalue weighted by molar-refractivity contribution is -0.149. The second-order valence-electron chi connectivity index (χ2n) is 31.0. The molecule has 5 N–H and O–H groups in total. The van der Waals surface area contributed by atoms with Crippen molar-refractivity contribution in [2.24, 2.45) is 94.7 Å². The number of aliphatic hydroxyl groups is 2. The number of esters is 2. The van der Waals surface area contributed by atoms with Gasteiger partial charge in [0.15, 0.2) is 0 Å². The van der Waals surface area contributed by atoms with Crippen molar-refractivity contribution < 1.29 is 59.0 Å². The van der Waals surface area contributed by atoms with Crippen LogP contribution in [0.25, 0.3) is 33.4 Å². The van der Waals surface area contributed by atoms with E-state index in [1.54, 1.807) is 47.5 Å². The summed E-state index contributed by atoms with van der Waals surface area (Å²) in [5.41, 5.74) is 7.66. The van der Waals surface area contributed by atoms with Gasteiger partial charge in [-0.05, 0) is 169 Å². The SMILES string of the molecule is CC1C2CCC(C2)C1C.CC1C2CCC(C2)C1C.CCC(C)C.CCC(C)C.CCC(C)C.CCC(C)C(=O)O.CCC(C)C(=O)O.CCC(C)C(=O)O.CCC(C)C(=O)OCCO.CCC(C)C(=O)OCCO.c1ccc(-c2ccccc2)cc1.c1ccc(-c2ccccc2)cc1.c1ccc(-c2ccccc2)cc1. The molecule has 4 aliphatic carbocycles. The number of aliphatic hydroxyl groups excluding tert-OH is 2. The molecule has 12 heteroatoms. The van der Waals surface area contributed by atoms with E-state index in [1.165, 1.54) is 78.3 Å². The van der Waals surface area contributed by atoms with Crippen molar-refractivity contribution in [3.8, 4) is 33.4 Å². The number of hydrogen-bond acceptors (Lipinski definition) is 9. The monoisotopic (exact) mass is 1530 g/mol. The standard InChI is InChI=1S/3C12H10.2C9H16.2C7H14O3.3C5H10O2.3C5H12/c3*1-3-7-11(8-4-1)12-9-5-2-6-10-12;2*1-6-7(2)9-4-3-8(6)5-9;2*1-3-6(2)7(9)10-5-4-8;3*1-3-4(2)5(6)7;3*1-4-5(2)3/h3*1-10H;2*6-9H,3-5H2,1-2H3;2*6,8H,3-5H2,1-2H3;3*4H,3H2,1-2H3,(H,6,7);3*5H,4H2,1-3H3. The van der Waals surface area contributed by atoms with Crippen molar-refractivity contribution in [2.45, 2.75) is 249 Å². The fraction of sp³-hybridized carbons (Fsp3) is 0.582. The fourth-order valence-electron chi connectivity index (χ4n) is 11.0. The second kappa shape index (κ2) is 67.3. The molecule has 13 unspecified atom stereocenters. The molecule has 620 valence electrons. The molecule has 0 aromatic heterocycles. The maximum absolute atomic E-state index is 10.8. The first-order valence-electron chi connectivity index (χ1n) is 41.8. The largest absolute Gasteiger partial charge is 0.481 e. The average molecular weight is 1530 g/mol. The molecule has 13 atom stereocenters. The van der Waals surface area contributed by atoms with Crippen LogP contribution in [-0.2, 0) is 33.4 Å². The molecule has 0 radical (unpaired) electrons. The quantitative estimate of drug-likeness (QED) is 0.0453. The molecule has 0 saturated heterocycles. The van der Waals surface area contributed by atoms with Gasteiger partial charge in [0.05, 0.1) is 42.8 Å². The summed E-state index contributed by atoms with van der Waals surface area (Å²) < 4.78 is 9.31. The van der Waals surface area contributed by atoms with Crippen molar-refractivity contribution in [3.05, 3.63) is 182 Å². The number of carbonyl (C=O) groups excluding carboxylic acids is 2. The van der Waals surface area contributed by atoms with Crippen LogP contribution < -0.4 is 0 Å². The van der Waals surface area contributed by atoms with Crippen molar-refractivity contribution >= 4 is 29.8 Å². The molecule has 4 aliphatic rings. The van der Waals surface area contributed by atoms with Crippen LogP contribution in [0, 0.1) is 94.7 Å². The summed E-state index contributed by atoms with van der Waals surface area (Å²) in [5, 5.41) is 41.1. The van der Waals surface area contributed by atoms with Crippen molar-refractivity contribution in [1.82, 2.24) is 0 Å². The summed E-state index contributed by atoms with van der Waals surface area (Å²) in [7, 11) is 0. The van der Waals surface area contributed by atoms with Crippen LogP contribution in [0.1, 0.15) is 249 Å². The predicted molar refractivity (Wildman–Crippen MR) is 466 cm³/mol. The summed E-state index contributed by atoms with van der Waals surface area (Å²) in [5.74, 6) is 8.09. The van der Waals surface area contributed by atoms with E-state index in [9.17, 15) is 24.0 Å². The van der Waals surface area contributed by atoms with Gasteiger partial charge in [0.1, 0.15) is 13.2 Å². The molecular weight excluding hydrogens is 1370 g/mol. The molecule has 0 aliphatic heterocycles. The van der Waals surface area contributed by atoms with E-state index in [0.29, 0.717) is 0 Å². The van der Waals surface area contributed by atoms with Gasteiger partial charge in [-0.2, -0.15) is 0 Å². The van der Waals surface area contributed by atoms with E-state index in [1.807, 2.05) is 71.0 Å². The summed E-state index contributed by atoms with van der Waals surface area (Å²) in [6.07, 6.45) is 16.9. The molecule has 6 aromatic rings. The zero-order valence-electron chi connectivity index (χ0n) is 72.9. The Morgan fingerprint density at radius 2 is 0.445 bits per heavy atom. The fourth-order valence-corrected chi connectivity index (χ4v) is 11.0. The molecule has 12 nitrogen and oxygen atoms in total. The highest BCUT2D eigenvalue weighted by Crippen LogP contribution is 2.52. The Hall–Kier alpha value is -7.41. The number of ether oxygens (including phenoxy) is 2. The molecule has 0 heterocycles. The van der Waals surface area contributed by atoms with Gasteiger partial charge in [-0.3, -0.25) is 24.0 Å². The minimum absolute atomic E-state index is 0.0495. The number of aliphatic carboxylic acids is 3. The number of carboxylic acid groups (broad SMARTS) is 3. The number of carboxylic acids is 3. The molecule has 10 rings (SSSR count). The van der Waals surface area contributed by atoms with Gasteiger partial charge in [0.2, 0.25) is 0 Å². The van der Waals surface area contributed by atoms with Crippen LogP contribution in [0.2, 0.25) is 0 Å². The zero-order valence-corrected chi connectivity index (χ0v) is 72.9. The van der Waals surface area contributed by atoms with Crippen LogP contribution in [0.15, 0.2) is 182 Å². The number of hydrogen-bond donors (Lipinski definition) is 5. The number of fused-ring (bicyclic) bond motifs is 4. The maximum Gasteiger partial charge on any atom is 0.308 e. The van der Waals surface area contributed by atoms with E-state index < -0.39 is 17.9 Å². The van der Waals surface area contributed by atoms with Crippen LogP contribution in [-0.4, -0.2) is 81.8 Å². The third kappa shape index (κ3) is 51.9. The Kier molecular flexibility index (Phi) is 65.3. The summed E-state index contributed by atoms with van der Waals surface area (Å²) in [6.45, 7) is 47.8. The normalized spacial score (nSPS) is 18.6. The van der Waals surface area contributed by atoms with E-state index in [0.717, 1.165) is 97.2 Å². The Morgan fingerprint density at radius 1 is 0.291 bits per heavy atom. The van der Waals surface area contributed by atoms with Gasteiger partial charge in [-0.15, -0.1) is 0 Å². The molecule has 4 saturated carbocycles. The number of carbonyl (C=O) groups is 5. The highest BCUT2D eigenvalue weighted by molar-refractivity contribution is 5.72. The molecule has 0 spiro atoms. The van der Waals surface area contributed by atoms with Gasteiger partial charge in [0, 0.05) is 0 Å². The Morgan fingerprint density at radius 3 is 0.536 bits per heavy atom. The lowest BCUT2D eigenvalue weighted by Crippen LogP contribution is -2.15. The highest BCUT2D eigenvalue weighted by atomic mass is 16.5. The Balaban J connectivity index is -0.00000114. The lowest BCUT2D eigenvalue weighted by atomic mass is 9.82. The van der Waals surface area contributed by atoms with Crippen molar-refractivity contribution in [2.75, 3.05) is 26.4 Å². The van der Waals surface area contributed by atoms with Gasteiger partial charge >= 0.3 is 29.8 Å². The summed E-state index contributed by atoms with van der Waals surface area (Å²) in [4.78, 5) is 51.4. The first-order valence-corrected chi connectivity index (χ1v) is 41.8. The summed E-state index contributed by atoms with van der Waals surface area (Å²) in [6, 6.07) is 62.3. The van der Waals surface area contributed by atoms with Gasteiger partial charge < -0.3 is 35.0 Å². The average Bonchev–Trinajstić information content (AvgIpc) is 1.67. The van der Waals surface area contributed by atoms with Gasteiger partial charge in [0.25, 0.3) is 0 Å². The Labute approximate surface area is 670 Å². The third-order valence-corrected chi connectivity index (χ3v) is 21.6. The second-order valence-corrected chi connectivity index (χ2v) is 31.0. The highest BCUT2D eigenvalue weighted by Gasteiger charge is 2.43. The van der Waals surface area contributed by atoms with E-state index >= 15 is 0 Å². The Bertz CT molecular complexity index is 2660. The topological polar surface area (TPSA) is 205 Å². The minimum Gasteiger partial charge on any atom is -0.481 e. The van der Waals surface area contributed by atoms with E-state index in [2.05, 4.69) is 245 Å². The predicted octanol–water partition coefficient (Wildman–Crippen LogP) is 26.1. The van der Waals surface area contributed by atoms with Gasteiger partial charge in [-0.1, -0.05) is 360 Å². The number of benzene rings is 6. The first kappa shape index (κ1) is 107. The molecule has 4 bridgehead atoms. The van der Waals surface area contributed by atoms with E-state index in [-0.39, 0.29) is 68.0 Å². The maximum atomic E-state index is 10.8. The van der Waals surface area contributed by atoms with Crippen molar-refractivity contribution in [1.29, 1.82) is 0 Å². The van der Waals surface area contributed by atoms with Crippen molar-refractivity contribution in [3.63, 3.8) is 0 Å². The van der Waals surface area contributed by atoms with Crippen LogP contribution in [0.3, 0.4) is 0 Å². The first-order chi connectivity index (χ1) is 52.3. The van der Waals surface area contributed by atoms with Crippen LogP contribution in [0.4, 0.5) is 0 Å². The third-order valence-electron chi connectivity index (χ3n) is 21.6. The molecule has 4 fully saturated rings. The number of rotatable bonds is 20. The molecule has 6 aromatic carbocycles. The molecule has 110 heavy (non-hydrogen) atoms. The molecule has 0 amide bonds. The summed E-state index contributed by atoms with van der Waals surface area (Å²) >= 11 is 0. The minimum atomic E-state index is -0.706. The zero-order chi connectivity index (χ0) is 83.9. The smallest absolute Gasteiger partial charge is 0.308 e. The van der Waals surface area contributed by atoms with Crippen LogP contribution in [0.5, 0.6) is 0 Å². The lowest BCUT2D eigenvalue weighted by Gasteiger charge is -2.24.